The van der Waals surface area contributed by atoms with Crippen molar-refractivity contribution in [2.75, 3.05) is 5.75 Å². The molecule has 22 heavy (non-hydrogen) atoms. The maximum atomic E-state index is 11.9. The Morgan fingerprint density at radius 3 is 2.36 bits per heavy atom. The van der Waals surface area contributed by atoms with Crippen molar-refractivity contribution < 1.29 is 4.79 Å². The largest absolute Gasteiger partial charge is 0.351 e. The van der Waals surface area contributed by atoms with Crippen molar-refractivity contribution in [1.29, 1.82) is 0 Å². The molecular formula is C16H19N3OS2. The van der Waals surface area contributed by atoms with Gasteiger partial charge in [0.05, 0.1) is 5.75 Å². The van der Waals surface area contributed by atoms with E-state index >= 15 is 0 Å². The van der Waals surface area contributed by atoms with Crippen LogP contribution in [0.2, 0.25) is 0 Å². The number of aromatic nitrogens is 2. The molecule has 2 aromatic rings. The molecule has 0 fully saturated rings. The van der Waals surface area contributed by atoms with E-state index in [2.05, 4.69) is 15.3 Å². The number of carbonyl (C=O) groups excluding carboxylic acids is 1. The van der Waals surface area contributed by atoms with Crippen LogP contribution in [0.25, 0.3) is 0 Å². The van der Waals surface area contributed by atoms with Gasteiger partial charge in [0.25, 0.3) is 0 Å². The van der Waals surface area contributed by atoms with Gasteiger partial charge in [-0.3, -0.25) is 4.79 Å². The monoisotopic (exact) mass is 333 g/mol. The molecule has 0 radical (unpaired) electrons. The molecule has 0 aliphatic rings. The summed E-state index contributed by atoms with van der Waals surface area (Å²) >= 11 is 2.96. The van der Waals surface area contributed by atoms with Gasteiger partial charge in [0, 0.05) is 22.8 Å². The number of rotatable bonds is 5. The van der Waals surface area contributed by atoms with Crippen molar-refractivity contribution in [2.45, 2.75) is 41.3 Å². The van der Waals surface area contributed by atoms with Gasteiger partial charge < -0.3 is 5.32 Å². The molecule has 116 valence electrons. The summed E-state index contributed by atoms with van der Waals surface area (Å²) < 4.78 is 0. The van der Waals surface area contributed by atoms with E-state index in [1.54, 1.807) is 24.2 Å². The van der Waals surface area contributed by atoms with Crippen LogP contribution in [0.4, 0.5) is 0 Å². The first-order chi connectivity index (χ1) is 10.4. The third kappa shape index (κ3) is 5.69. The lowest BCUT2D eigenvalue weighted by Crippen LogP contribution is -2.41. The Balaban J connectivity index is 2.01. The molecule has 1 N–H and O–H groups in total. The number of hydrogen-bond donors (Lipinski definition) is 1. The van der Waals surface area contributed by atoms with Crippen molar-refractivity contribution in [2.24, 2.45) is 0 Å². The minimum absolute atomic E-state index is 0.00110. The van der Waals surface area contributed by atoms with Gasteiger partial charge in [0.2, 0.25) is 5.91 Å². The minimum Gasteiger partial charge on any atom is -0.351 e. The van der Waals surface area contributed by atoms with E-state index in [0.29, 0.717) is 5.75 Å². The molecule has 0 spiro atoms. The first-order valence-electron chi connectivity index (χ1n) is 6.92. The summed E-state index contributed by atoms with van der Waals surface area (Å²) in [4.78, 5) is 21.7. The number of amides is 1. The van der Waals surface area contributed by atoms with E-state index in [4.69, 9.17) is 0 Å². The average Bonchev–Trinajstić information content (AvgIpc) is 2.46. The Hall–Kier alpha value is -1.53. The van der Waals surface area contributed by atoms with E-state index in [1.807, 2.05) is 51.1 Å². The highest BCUT2D eigenvalue weighted by atomic mass is 32.2. The Kier molecular flexibility index (Phi) is 5.85. The van der Waals surface area contributed by atoms with Crippen LogP contribution >= 0.6 is 23.5 Å². The summed E-state index contributed by atoms with van der Waals surface area (Å²) in [6, 6.07) is 10.0. The van der Waals surface area contributed by atoms with Gasteiger partial charge in [-0.1, -0.05) is 41.7 Å². The Morgan fingerprint density at radius 2 is 1.73 bits per heavy atom. The molecule has 1 aromatic carbocycles. The molecule has 6 heteroatoms. The molecule has 0 aliphatic carbocycles. The second kappa shape index (κ2) is 7.65. The van der Waals surface area contributed by atoms with Gasteiger partial charge in [-0.25, -0.2) is 9.97 Å². The average molecular weight is 333 g/mol. The molecule has 0 aliphatic heterocycles. The van der Waals surface area contributed by atoms with Crippen LogP contribution < -0.4 is 5.32 Å². The summed E-state index contributed by atoms with van der Waals surface area (Å²) in [5, 5.41) is 4.54. The lowest BCUT2D eigenvalue weighted by molar-refractivity contribution is -0.119. The van der Waals surface area contributed by atoms with E-state index in [-0.39, 0.29) is 11.4 Å². The van der Waals surface area contributed by atoms with Crippen LogP contribution in [0, 0.1) is 0 Å². The topological polar surface area (TPSA) is 54.9 Å². The number of nitrogens with zero attached hydrogens (tertiary/aromatic N) is 2. The maximum Gasteiger partial charge on any atom is 0.230 e. The zero-order chi connectivity index (χ0) is 16.0. The fourth-order valence-corrected chi connectivity index (χ4v) is 3.39. The van der Waals surface area contributed by atoms with Crippen molar-refractivity contribution >= 4 is 29.4 Å². The number of hydrogen-bond acceptors (Lipinski definition) is 5. The molecule has 1 heterocycles. The highest BCUT2D eigenvalue weighted by Gasteiger charge is 2.15. The Bertz CT molecular complexity index is 627. The molecule has 4 nitrogen and oxygen atoms in total. The molecule has 0 atom stereocenters. The summed E-state index contributed by atoms with van der Waals surface area (Å²) in [5.74, 6) is 0.331. The van der Waals surface area contributed by atoms with Gasteiger partial charge in [-0.15, -0.1) is 0 Å². The van der Waals surface area contributed by atoms with Crippen LogP contribution in [0.5, 0.6) is 0 Å². The minimum atomic E-state index is -0.221. The molecule has 2 rings (SSSR count). The van der Waals surface area contributed by atoms with Crippen molar-refractivity contribution in [1.82, 2.24) is 15.3 Å². The molecular weight excluding hydrogens is 314 g/mol. The van der Waals surface area contributed by atoms with Crippen LogP contribution in [0.1, 0.15) is 20.8 Å². The van der Waals surface area contributed by atoms with Crippen LogP contribution in [-0.4, -0.2) is 27.2 Å². The van der Waals surface area contributed by atoms with Crippen LogP contribution in [-0.2, 0) is 4.79 Å². The zero-order valence-corrected chi connectivity index (χ0v) is 14.5. The van der Waals surface area contributed by atoms with Gasteiger partial charge in [-0.2, -0.15) is 0 Å². The smallest absolute Gasteiger partial charge is 0.230 e. The highest BCUT2D eigenvalue weighted by molar-refractivity contribution is 8.02. The molecule has 1 aromatic heterocycles. The van der Waals surface area contributed by atoms with Crippen molar-refractivity contribution in [3.63, 3.8) is 0 Å². The predicted molar refractivity (Wildman–Crippen MR) is 91.2 cm³/mol. The van der Waals surface area contributed by atoms with Gasteiger partial charge in [0.15, 0.2) is 0 Å². The molecule has 0 unspecified atom stereocenters. The fraction of sp³-hybridized carbons (Fsp3) is 0.312. The maximum absolute atomic E-state index is 11.9. The number of thioether (sulfide) groups is 1. The van der Waals surface area contributed by atoms with Gasteiger partial charge in [0.1, 0.15) is 10.1 Å². The van der Waals surface area contributed by atoms with Crippen LogP contribution in [0.3, 0.4) is 0 Å². The molecule has 0 bridgehead atoms. The quantitative estimate of drug-likeness (QED) is 0.847. The number of nitrogens with one attached hydrogen (secondary N) is 1. The molecule has 1 amide bonds. The number of carbonyl (C=O) groups is 1. The predicted octanol–water partition coefficient (Wildman–Crippen LogP) is 3.63. The first kappa shape index (κ1) is 16.8. The Labute approximate surface area is 139 Å². The van der Waals surface area contributed by atoms with Crippen LogP contribution in [0.15, 0.2) is 57.7 Å². The lowest BCUT2D eigenvalue weighted by Gasteiger charge is -2.20. The van der Waals surface area contributed by atoms with Crippen molar-refractivity contribution in [3.05, 3.63) is 42.7 Å². The van der Waals surface area contributed by atoms with E-state index in [1.165, 1.54) is 11.8 Å². The summed E-state index contributed by atoms with van der Waals surface area (Å²) in [5.41, 5.74) is -0.221. The summed E-state index contributed by atoms with van der Waals surface area (Å²) in [6.45, 7) is 5.90. The highest BCUT2D eigenvalue weighted by Crippen LogP contribution is 2.32. The number of benzene rings is 1. The molecule has 0 saturated carbocycles. The van der Waals surface area contributed by atoms with E-state index in [0.717, 1.165) is 14.9 Å². The van der Waals surface area contributed by atoms with E-state index in [9.17, 15) is 4.79 Å². The second-order valence-corrected chi connectivity index (χ2v) is 7.69. The first-order valence-corrected chi connectivity index (χ1v) is 8.72. The third-order valence-corrected chi connectivity index (χ3v) is 4.55. The van der Waals surface area contributed by atoms with Gasteiger partial charge in [-0.05, 0) is 32.9 Å². The van der Waals surface area contributed by atoms with E-state index < -0.39 is 0 Å². The SMILES string of the molecule is CC(C)(C)NC(=O)CSc1nccnc1Sc1ccccc1. The standard InChI is InChI=1S/C16H19N3OS2/c1-16(2,3)19-13(20)11-21-14-15(18-10-9-17-14)22-12-7-5-4-6-8-12/h4-10H,11H2,1-3H3,(H,19,20). The normalized spacial score (nSPS) is 11.2. The fourth-order valence-electron chi connectivity index (χ4n) is 1.67. The summed E-state index contributed by atoms with van der Waals surface area (Å²) in [7, 11) is 0. The Morgan fingerprint density at radius 1 is 1.09 bits per heavy atom. The van der Waals surface area contributed by atoms with Crippen molar-refractivity contribution in [3.8, 4) is 0 Å². The summed E-state index contributed by atoms with van der Waals surface area (Å²) in [6.07, 6.45) is 3.32. The molecule has 0 saturated heterocycles. The third-order valence-electron chi connectivity index (χ3n) is 2.45. The second-order valence-electron chi connectivity index (χ2n) is 5.67. The zero-order valence-electron chi connectivity index (χ0n) is 12.9. The van der Waals surface area contributed by atoms with Gasteiger partial charge >= 0.3 is 0 Å². The lowest BCUT2D eigenvalue weighted by atomic mass is 10.1.